The second kappa shape index (κ2) is 6.50. The van der Waals surface area contributed by atoms with Gasteiger partial charge in [0.05, 0.1) is 13.2 Å². The molecule has 0 amide bonds. The summed E-state index contributed by atoms with van der Waals surface area (Å²) in [6.45, 7) is 5.53. The standard InChI is InChI=1S/C19H20OS/c1-2-19(21-18-11-7-4-8-12-18)13-17(19)15-20-14-16-9-5-3-6-10-16/h2-12,17H,1,13-15H2/t17-,19+/m0/s1. The highest BCUT2D eigenvalue weighted by Crippen LogP contribution is 2.57. The minimum atomic E-state index is 0.165. The van der Waals surface area contributed by atoms with Gasteiger partial charge in [-0.1, -0.05) is 54.6 Å². The first-order chi connectivity index (χ1) is 10.3. The van der Waals surface area contributed by atoms with Crippen LogP contribution in [-0.4, -0.2) is 11.4 Å². The van der Waals surface area contributed by atoms with E-state index in [0.29, 0.717) is 12.5 Å². The van der Waals surface area contributed by atoms with Crippen molar-refractivity contribution in [2.24, 2.45) is 5.92 Å². The number of ether oxygens (including phenoxy) is 1. The number of rotatable bonds is 7. The molecular weight excluding hydrogens is 276 g/mol. The molecule has 0 radical (unpaired) electrons. The molecule has 1 fully saturated rings. The van der Waals surface area contributed by atoms with Gasteiger partial charge in [0.15, 0.2) is 0 Å². The Morgan fingerprint density at radius 3 is 2.43 bits per heavy atom. The van der Waals surface area contributed by atoms with Crippen LogP contribution < -0.4 is 0 Å². The summed E-state index contributed by atoms with van der Waals surface area (Å²) in [5.74, 6) is 0.573. The summed E-state index contributed by atoms with van der Waals surface area (Å²) in [4.78, 5) is 1.31. The summed E-state index contributed by atoms with van der Waals surface area (Å²) < 4.78 is 6.04. The summed E-state index contributed by atoms with van der Waals surface area (Å²) >= 11 is 1.91. The molecule has 1 aliphatic carbocycles. The Hall–Kier alpha value is -1.51. The van der Waals surface area contributed by atoms with Crippen molar-refractivity contribution in [3.05, 3.63) is 78.9 Å². The molecule has 0 saturated heterocycles. The lowest BCUT2D eigenvalue weighted by molar-refractivity contribution is 0.110. The van der Waals surface area contributed by atoms with E-state index in [-0.39, 0.29) is 4.75 Å². The molecule has 1 saturated carbocycles. The van der Waals surface area contributed by atoms with Crippen molar-refractivity contribution in [3.8, 4) is 0 Å². The average molecular weight is 296 g/mol. The number of hydrogen-bond acceptors (Lipinski definition) is 2. The van der Waals surface area contributed by atoms with Crippen molar-refractivity contribution in [1.29, 1.82) is 0 Å². The largest absolute Gasteiger partial charge is 0.376 e. The second-order valence-electron chi connectivity index (χ2n) is 5.48. The zero-order valence-corrected chi connectivity index (χ0v) is 12.9. The molecule has 1 nitrogen and oxygen atoms in total. The Morgan fingerprint density at radius 2 is 1.76 bits per heavy atom. The van der Waals surface area contributed by atoms with E-state index in [9.17, 15) is 0 Å². The first-order valence-corrected chi connectivity index (χ1v) is 8.13. The van der Waals surface area contributed by atoms with Crippen molar-refractivity contribution in [1.82, 2.24) is 0 Å². The molecule has 2 heteroatoms. The van der Waals surface area contributed by atoms with Gasteiger partial charge in [-0.25, -0.2) is 0 Å². The van der Waals surface area contributed by atoms with Crippen LogP contribution in [0.4, 0.5) is 0 Å². The first kappa shape index (κ1) is 14.4. The fourth-order valence-corrected chi connectivity index (χ4v) is 3.88. The second-order valence-corrected chi connectivity index (χ2v) is 6.91. The highest BCUT2D eigenvalue weighted by atomic mass is 32.2. The van der Waals surface area contributed by atoms with Crippen LogP contribution in [0.15, 0.2) is 78.2 Å². The Bertz CT molecular complexity index is 581. The van der Waals surface area contributed by atoms with Crippen LogP contribution in [0.3, 0.4) is 0 Å². The van der Waals surface area contributed by atoms with Crippen LogP contribution in [0.5, 0.6) is 0 Å². The lowest BCUT2D eigenvalue weighted by atomic mass is 10.2. The quantitative estimate of drug-likeness (QED) is 0.669. The molecule has 0 heterocycles. The maximum absolute atomic E-state index is 5.88. The van der Waals surface area contributed by atoms with Crippen molar-refractivity contribution >= 4 is 11.8 Å². The Kier molecular flexibility index (Phi) is 4.47. The Labute approximate surface area is 131 Å². The van der Waals surface area contributed by atoms with E-state index in [1.54, 1.807) is 0 Å². The third-order valence-corrected chi connectivity index (χ3v) is 5.48. The van der Waals surface area contributed by atoms with Gasteiger partial charge in [-0.15, -0.1) is 18.3 Å². The minimum Gasteiger partial charge on any atom is -0.376 e. The molecule has 108 valence electrons. The van der Waals surface area contributed by atoms with Gasteiger partial charge in [-0.05, 0) is 24.1 Å². The van der Waals surface area contributed by atoms with E-state index >= 15 is 0 Å². The van der Waals surface area contributed by atoms with Crippen LogP contribution in [0.25, 0.3) is 0 Å². The molecule has 1 aliphatic rings. The molecule has 0 aliphatic heterocycles. The molecule has 0 N–H and O–H groups in total. The van der Waals surface area contributed by atoms with Crippen molar-refractivity contribution in [3.63, 3.8) is 0 Å². The van der Waals surface area contributed by atoms with Gasteiger partial charge in [-0.2, -0.15) is 0 Å². The van der Waals surface area contributed by atoms with Crippen LogP contribution in [0, 0.1) is 5.92 Å². The predicted molar refractivity (Wildman–Crippen MR) is 89.4 cm³/mol. The predicted octanol–water partition coefficient (Wildman–Crippen LogP) is 4.94. The molecule has 0 spiro atoms. The zero-order valence-electron chi connectivity index (χ0n) is 12.1. The maximum atomic E-state index is 5.88. The van der Waals surface area contributed by atoms with Gasteiger partial charge in [0, 0.05) is 15.6 Å². The topological polar surface area (TPSA) is 9.23 Å². The molecule has 21 heavy (non-hydrogen) atoms. The lowest BCUT2D eigenvalue weighted by Gasteiger charge is -2.12. The maximum Gasteiger partial charge on any atom is 0.0717 e. The van der Waals surface area contributed by atoms with E-state index in [2.05, 4.69) is 67.3 Å². The number of hydrogen-bond donors (Lipinski definition) is 0. The van der Waals surface area contributed by atoms with E-state index in [4.69, 9.17) is 4.74 Å². The minimum absolute atomic E-state index is 0.165. The number of thioether (sulfide) groups is 1. The highest BCUT2D eigenvalue weighted by molar-refractivity contribution is 8.01. The number of benzene rings is 2. The average Bonchev–Trinajstić information content (AvgIpc) is 3.22. The van der Waals surface area contributed by atoms with Crippen molar-refractivity contribution in [2.45, 2.75) is 22.7 Å². The zero-order chi connectivity index (χ0) is 14.5. The van der Waals surface area contributed by atoms with Crippen LogP contribution in [0.2, 0.25) is 0 Å². The molecule has 2 atom stereocenters. The van der Waals surface area contributed by atoms with Gasteiger partial charge in [-0.3, -0.25) is 0 Å². The molecule has 2 aromatic rings. The Morgan fingerprint density at radius 1 is 1.10 bits per heavy atom. The smallest absolute Gasteiger partial charge is 0.0717 e. The summed E-state index contributed by atoms with van der Waals surface area (Å²) in [6, 6.07) is 20.9. The van der Waals surface area contributed by atoms with Crippen molar-refractivity contribution < 1.29 is 4.74 Å². The molecule has 0 aromatic heterocycles. The summed E-state index contributed by atoms with van der Waals surface area (Å²) in [7, 11) is 0. The van der Waals surface area contributed by atoms with Crippen molar-refractivity contribution in [2.75, 3.05) is 6.61 Å². The Balaban J connectivity index is 1.50. The molecule has 3 rings (SSSR count). The summed E-state index contributed by atoms with van der Waals surface area (Å²) in [5.41, 5.74) is 1.23. The van der Waals surface area contributed by atoms with Crippen LogP contribution >= 0.6 is 11.8 Å². The van der Waals surface area contributed by atoms with Gasteiger partial charge in [0.1, 0.15) is 0 Å². The first-order valence-electron chi connectivity index (χ1n) is 7.32. The van der Waals surface area contributed by atoms with E-state index in [1.807, 2.05) is 17.8 Å². The highest BCUT2D eigenvalue weighted by Gasteiger charge is 2.52. The fourth-order valence-electron chi connectivity index (χ4n) is 2.54. The van der Waals surface area contributed by atoms with Gasteiger partial charge in [0.25, 0.3) is 0 Å². The molecule has 0 bridgehead atoms. The lowest BCUT2D eigenvalue weighted by Crippen LogP contribution is -2.07. The van der Waals surface area contributed by atoms with E-state index in [0.717, 1.165) is 13.0 Å². The van der Waals surface area contributed by atoms with Crippen LogP contribution in [0.1, 0.15) is 12.0 Å². The summed E-state index contributed by atoms with van der Waals surface area (Å²) in [6.07, 6.45) is 3.26. The summed E-state index contributed by atoms with van der Waals surface area (Å²) in [5, 5.41) is 0. The molecule has 2 aromatic carbocycles. The third kappa shape index (κ3) is 3.58. The van der Waals surface area contributed by atoms with Gasteiger partial charge in [0.2, 0.25) is 0 Å². The molecule has 0 unspecified atom stereocenters. The SMILES string of the molecule is C=C[C@@]1(Sc2ccccc2)C[C@H]1COCc1ccccc1. The molecular formula is C19H20OS. The van der Waals surface area contributed by atoms with Crippen LogP contribution in [-0.2, 0) is 11.3 Å². The third-order valence-electron chi connectivity index (χ3n) is 3.92. The van der Waals surface area contributed by atoms with Gasteiger partial charge < -0.3 is 4.74 Å². The van der Waals surface area contributed by atoms with Gasteiger partial charge >= 0.3 is 0 Å². The monoisotopic (exact) mass is 296 g/mol. The normalized spacial score (nSPS) is 23.7. The fraction of sp³-hybridized carbons (Fsp3) is 0.263. The van der Waals surface area contributed by atoms with E-state index in [1.165, 1.54) is 10.5 Å². The van der Waals surface area contributed by atoms with E-state index < -0.39 is 0 Å².